The molecule has 0 radical (unpaired) electrons. The van der Waals surface area contributed by atoms with Crippen LogP contribution in [0, 0.1) is 11.6 Å². The van der Waals surface area contributed by atoms with Crippen LogP contribution >= 0.6 is 0 Å². The van der Waals surface area contributed by atoms with E-state index in [1.54, 1.807) is 6.07 Å². The van der Waals surface area contributed by atoms with Crippen LogP contribution in [0.15, 0.2) is 46.5 Å². The lowest BCUT2D eigenvalue weighted by atomic mass is 9.93. The molecule has 4 N–H and O–H groups in total. The van der Waals surface area contributed by atoms with Crippen LogP contribution in [0.2, 0.25) is 0 Å². The Hall–Kier alpha value is -4.06. The number of hydrogen-bond acceptors (Lipinski definition) is 7. The monoisotopic (exact) mass is 455 g/mol. The number of fused-ring (bicyclic) bond motifs is 1. The number of amides is 3. The smallest absolute Gasteiger partial charge is 0.345 e. The van der Waals surface area contributed by atoms with E-state index in [2.05, 4.69) is 31.9 Å². The van der Waals surface area contributed by atoms with Crippen molar-refractivity contribution in [2.45, 2.75) is 12.3 Å². The van der Waals surface area contributed by atoms with Crippen LogP contribution < -0.4 is 26.5 Å². The van der Waals surface area contributed by atoms with E-state index in [1.807, 2.05) is 0 Å². The predicted octanol–water partition coefficient (Wildman–Crippen LogP) is 1.42. The summed E-state index contributed by atoms with van der Waals surface area (Å²) in [5.41, 5.74) is 9.16. The van der Waals surface area contributed by atoms with Crippen LogP contribution in [0.3, 0.4) is 0 Å². The Bertz CT molecular complexity index is 1180. The number of likely N-dealkylation sites (tertiary alicyclic amines) is 1. The SMILES string of the molecule is O=C(N=C1C(=O)N(CC2=NNNN2)C[C@H]1c1cc2c(cc1F)OCC2)Nc1ccc(F)cc1. The molecule has 0 spiro atoms. The first-order chi connectivity index (χ1) is 16.0. The maximum absolute atomic E-state index is 15.0. The summed E-state index contributed by atoms with van der Waals surface area (Å²) in [6.45, 7) is 0.669. The number of rotatable bonds is 4. The molecule has 12 heteroatoms. The zero-order valence-corrected chi connectivity index (χ0v) is 17.2. The zero-order valence-electron chi connectivity index (χ0n) is 17.2. The molecule has 0 aliphatic carbocycles. The number of hydrazine groups is 2. The summed E-state index contributed by atoms with van der Waals surface area (Å²) in [5, 5.41) is 6.45. The van der Waals surface area contributed by atoms with Crippen LogP contribution in [-0.2, 0) is 11.2 Å². The van der Waals surface area contributed by atoms with Crippen molar-refractivity contribution in [3.8, 4) is 5.75 Å². The molecule has 0 bridgehead atoms. The minimum atomic E-state index is -0.818. The van der Waals surface area contributed by atoms with Gasteiger partial charge in [-0.1, -0.05) is 0 Å². The van der Waals surface area contributed by atoms with Crippen molar-refractivity contribution >= 4 is 29.2 Å². The largest absolute Gasteiger partial charge is 0.493 e. The highest BCUT2D eigenvalue weighted by Gasteiger charge is 2.41. The molecule has 3 aliphatic rings. The molecule has 2 aromatic rings. The minimum Gasteiger partial charge on any atom is -0.493 e. The van der Waals surface area contributed by atoms with E-state index in [1.165, 1.54) is 35.2 Å². The van der Waals surface area contributed by atoms with E-state index in [-0.39, 0.29) is 24.4 Å². The number of carbonyl (C=O) groups excluding carboxylic acids is 2. The Morgan fingerprint density at radius 3 is 2.85 bits per heavy atom. The third-order valence-electron chi connectivity index (χ3n) is 5.54. The van der Waals surface area contributed by atoms with Crippen molar-refractivity contribution in [1.82, 2.24) is 21.4 Å². The van der Waals surface area contributed by atoms with E-state index in [0.717, 1.165) is 5.56 Å². The summed E-state index contributed by atoms with van der Waals surface area (Å²) in [4.78, 5) is 31.1. The van der Waals surface area contributed by atoms with Crippen molar-refractivity contribution < 1.29 is 23.1 Å². The maximum Gasteiger partial charge on any atom is 0.345 e. The van der Waals surface area contributed by atoms with Crippen molar-refractivity contribution in [2.24, 2.45) is 10.1 Å². The quantitative estimate of drug-likeness (QED) is 0.554. The van der Waals surface area contributed by atoms with Gasteiger partial charge >= 0.3 is 6.03 Å². The number of benzene rings is 2. The molecule has 1 saturated heterocycles. The van der Waals surface area contributed by atoms with Gasteiger partial charge in [0.1, 0.15) is 23.1 Å². The average Bonchev–Trinajstić information content (AvgIpc) is 3.53. The summed E-state index contributed by atoms with van der Waals surface area (Å²) in [6, 6.07) is 7.27. The van der Waals surface area contributed by atoms with Crippen molar-refractivity contribution in [2.75, 3.05) is 25.0 Å². The van der Waals surface area contributed by atoms with E-state index >= 15 is 0 Å². The highest BCUT2D eigenvalue weighted by Crippen LogP contribution is 2.35. The van der Waals surface area contributed by atoms with E-state index in [0.29, 0.717) is 30.3 Å². The first-order valence-electron chi connectivity index (χ1n) is 10.2. The summed E-state index contributed by atoms with van der Waals surface area (Å²) in [7, 11) is 0. The summed E-state index contributed by atoms with van der Waals surface area (Å²) in [6.07, 6.45) is 0.628. The average molecular weight is 455 g/mol. The molecule has 0 saturated carbocycles. The molecule has 3 amide bonds. The highest BCUT2D eigenvalue weighted by molar-refractivity contribution is 6.44. The summed E-state index contributed by atoms with van der Waals surface area (Å²) >= 11 is 0. The van der Waals surface area contributed by atoms with Gasteiger partial charge in [-0.3, -0.25) is 10.2 Å². The predicted molar refractivity (Wildman–Crippen MR) is 115 cm³/mol. The second-order valence-corrected chi connectivity index (χ2v) is 7.67. The Morgan fingerprint density at radius 2 is 2.09 bits per heavy atom. The van der Waals surface area contributed by atoms with Gasteiger partial charge in [-0.2, -0.15) is 4.99 Å². The Morgan fingerprint density at radius 1 is 1.27 bits per heavy atom. The van der Waals surface area contributed by atoms with E-state index in [9.17, 15) is 18.4 Å². The molecule has 1 atom stereocenters. The second kappa shape index (κ2) is 8.47. The molecule has 0 aromatic heterocycles. The molecule has 10 nitrogen and oxygen atoms in total. The maximum atomic E-state index is 15.0. The first kappa shape index (κ1) is 20.8. The lowest BCUT2D eigenvalue weighted by Gasteiger charge is -2.16. The number of nitrogens with zero attached hydrogens (tertiary/aromatic N) is 3. The number of amidine groups is 1. The second-order valence-electron chi connectivity index (χ2n) is 7.67. The Balaban J connectivity index is 1.46. The number of aliphatic imine (C=N–C) groups is 1. The molecule has 2 aromatic carbocycles. The van der Waals surface area contributed by atoms with Gasteiger partial charge < -0.3 is 15.0 Å². The first-order valence-corrected chi connectivity index (χ1v) is 10.2. The molecule has 170 valence electrons. The number of urea groups is 1. The molecule has 33 heavy (non-hydrogen) atoms. The van der Waals surface area contributed by atoms with Crippen molar-refractivity contribution in [3.05, 3.63) is 59.2 Å². The lowest BCUT2D eigenvalue weighted by molar-refractivity contribution is -0.121. The molecule has 5 rings (SSSR count). The zero-order chi connectivity index (χ0) is 22.9. The fourth-order valence-electron chi connectivity index (χ4n) is 3.97. The van der Waals surface area contributed by atoms with Crippen LogP contribution in [0.1, 0.15) is 17.0 Å². The molecule has 1 fully saturated rings. The van der Waals surface area contributed by atoms with Gasteiger partial charge in [0, 0.05) is 24.7 Å². The van der Waals surface area contributed by atoms with Crippen molar-refractivity contribution in [1.29, 1.82) is 0 Å². The van der Waals surface area contributed by atoms with Gasteiger partial charge in [0.25, 0.3) is 5.91 Å². The van der Waals surface area contributed by atoms with E-state index in [4.69, 9.17) is 4.74 Å². The molecule has 0 unspecified atom stereocenters. The molecular weight excluding hydrogens is 436 g/mol. The highest BCUT2D eigenvalue weighted by atomic mass is 19.1. The summed E-state index contributed by atoms with van der Waals surface area (Å²) < 4.78 is 33.5. The fraction of sp³-hybridized carbons (Fsp3) is 0.238. The van der Waals surface area contributed by atoms with Crippen molar-refractivity contribution in [3.63, 3.8) is 0 Å². The lowest BCUT2D eigenvalue weighted by Crippen LogP contribution is -2.41. The molecular formula is C21H19F2N7O3. The molecule has 3 heterocycles. The Labute approximate surface area is 186 Å². The van der Waals surface area contributed by atoms with Crippen LogP contribution in [0.25, 0.3) is 0 Å². The standard InChI is InChI=1S/C21H19F2N7O3/c22-12-1-3-13(4-2-12)24-21(32)25-19-15(9-30(20(19)31)10-18-26-28-29-27-18)14-7-11-5-6-33-17(11)8-16(14)23/h1-4,7-8,15,28-29H,5-6,9-10H2,(H,24,32)(H,26,27)/t15-/m0/s1. The molecule has 3 aliphatic heterocycles. The van der Waals surface area contributed by atoms with Crippen LogP contribution in [0.5, 0.6) is 5.75 Å². The number of hydrogen-bond donors (Lipinski definition) is 4. The number of ether oxygens (including phenoxy) is 1. The number of carbonyl (C=O) groups is 2. The van der Waals surface area contributed by atoms with E-state index < -0.39 is 29.5 Å². The van der Waals surface area contributed by atoms with Crippen LogP contribution in [0.4, 0.5) is 19.3 Å². The third-order valence-corrected chi connectivity index (χ3v) is 5.54. The number of anilines is 1. The normalized spacial score (nSPS) is 20.2. The number of halogens is 2. The number of hydrazone groups is 1. The van der Waals surface area contributed by atoms with Gasteiger partial charge in [-0.25, -0.2) is 19.1 Å². The fourth-order valence-corrected chi connectivity index (χ4v) is 3.97. The van der Waals surface area contributed by atoms with Gasteiger partial charge in [0.2, 0.25) is 0 Å². The summed E-state index contributed by atoms with van der Waals surface area (Å²) in [5.74, 6) is -1.35. The van der Waals surface area contributed by atoms with Gasteiger partial charge in [0.15, 0.2) is 5.84 Å². The number of nitrogens with one attached hydrogen (secondary N) is 4. The van der Waals surface area contributed by atoms with Gasteiger partial charge in [-0.15, -0.1) is 10.6 Å². The third kappa shape index (κ3) is 4.20. The van der Waals surface area contributed by atoms with Gasteiger partial charge in [0.05, 0.1) is 19.1 Å². The minimum absolute atomic E-state index is 0.0908. The van der Waals surface area contributed by atoms with Crippen LogP contribution in [-0.4, -0.2) is 48.1 Å². The van der Waals surface area contributed by atoms with Gasteiger partial charge in [-0.05, 0) is 41.5 Å². The topological polar surface area (TPSA) is 119 Å². The Kier molecular flexibility index (Phi) is 5.34.